The van der Waals surface area contributed by atoms with E-state index in [4.69, 9.17) is 0 Å². The van der Waals surface area contributed by atoms with Gasteiger partial charge < -0.3 is 4.74 Å². The maximum absolute atomic E-state index is 13.7. The minimum atomic E-state index is -0.532. The number of hydrogen-bond acceptors (Lipinski definition) is 3. The number of aromatic nitrogens is 2. The number of esters is 1. The minimum absolute atomic E-state index is 0.250. The maximum Gasteiger partial charge on any atom is 0.340 e. The van der Waals surface area contributed by atoms with Gasteiger partial charge in [-0.1, -0.05) is 0 Å². The number of carbonyl (C=O) groups excluding carboxylic acids is 1. The molecule has 2 aromatic rings. The van der Waals surface area contributed by atoms with Crippen LogP contribution in [0.15, 0.2) is 16.6 Å². The van der Waals surface area contributed by atoms with E-state index in [9.17, 15) is 9.18 Å². The second kappa shape index (κ2) is 3.86. The molecule has 0 unspecified atom stereocenters. The van der Waals surface area contributed by atoms with Crippen molar-refractivity contribution in [3.8, 4) is 0 Å². The lowest BCUT2D eigenvalue weighted by Gasteiger charge is -2.00. The van der Waals surface area contributed by atoms with Gasteiger partial charge in [0, 0.05) is 11.5 Å². The van der Waals surface area contributed by atoms with Crippen molar-refractivity contribution in [3.63, 3.8) is 0 Å². The quantitative estimate of drug-likeness (QED) is 0.756. The number of aryl methyl sites for hydroxylation is 1. The third kappa shape index (κ3) is 1.49. The molecule has 0 aliphatic rings. The zero-order valence-corrected chi connectivity index (χ0v) is 10.2. The van der Waals surface area contributed by atoms with Crippen molar-refractivity contribution in [1.82, 2.24) is 9.78 Å². The molecule has 1 aromatic heterocycles. The number of methoxy groups -OCH3 is 1. The van der Waals surface area contributed by atoms with Gasteiger partial charge in [-0.2, -0.15) is 9.49 Å². The average Bonchev–Trinajstić information content (AvgIpc) is 2.56. The van der Waals surface area contributed by atoms with E-state index < -0.39 is 11.9 Å². The molecule has 0 saturated carbocycles. The first-order chi connectivity index (χ1) is 7.56. The summed E-state index contributed by atoms with van der Waals surface area (Å²) in [7, 11) is 2.75. The summed E-state index contributed by atoms with van der Waals surface area (Å²) >= 11 is 3.22. The van der Waals surface area contributed by atoms with Crippen LogP contribution in [0.25, 0.3) is 10.9 Å². The predicted octanol–water partition coefficient (Wildman–Crippen LogP) is 2.26. The molecule has 2 rings (SSSR count). The van der Waals surface area contributed by atoms with Crippen LogP contribution in [0.2, 0.25) is 0 Å². The van der Waals surface area contributed by atoms with Gasteiger partial charge in [-0.25, -0.2) is 9.48 Å². The molecular formula is C10H8BrFN2O2. The van der Waals surface area contributed by atoms with Crippen LogP contribution in [-0.4, -0.2) is 22.9 Å². The van der Waals surface area contributed by atoms with E-state index >= 15 is 0 Å². The van der Waals surface area contributed by atoms with Gasteiger partial charge in [0.2, 0.25) is 5.95 Å². The Balaban J connectivity index is 2.84. The van der Waals surface area contributed by atoms with E-state index in [1.165, 1.54) is 14.2 Å². The van der Waals surface area contributed by atoms with Gasteiger partial charge in [0.15, 0.2) is 0 Å². The van der Waals surface area contributed by atoms with E-state index in [1.54, 1.807) is 12.1 Å². The van der Waals surface area contributed by atoms with Crippen molar-refractivity contribution in [3.05, 3.63) is 28.1 Å². The number of rotatable bonds is 1. The molecule has 1 aromatic carbocycles. The molecule has 16 heavy (non-hydrogen) atoms. The van der Waals surface area contributed by atoms with Crippen molar-refractivity contribution in [2.24, 2.45) is 7.05 Å². The highest BCUT2D eigenvalue weighted by atomic mass is 79.9. The fourth-order valence-corrected chi connectivity index (χ4v) is 1.98. The normalized spacial score (nSPS) is 10.8. The first-order valence-electron chi connectivity index (χ1n) is 4.45. The van der Waals surface area contributed by atoms with Gasteiger partial charge >= 0.3 is 5.97 Å². The number of carbonyl (C=O) groups is 1. The molecule has 0 radical (unpaired) electrons. The van der Waals surface area contributed by atoms with Crippen molar-refractivity contribution >= 4 is 32.8 Å². The number of nitrogens with zero attached hydrogens (tertiary/aromatic N) is 2. The first-order valence-corrected chi connectivity index (χ1v) is 5.24. The summed E-state index contributed by atoms with van der Waals surface area (Å²) in [5, 5.41) is 4.24. The molecule has 0 aliphatic heterocycles. The Morgan fingerprint density at radius 3 is 2.88 bits per heavy atom. The lowest BCUT2D eigenvalue weighted by molar-refractivity contribution is 0.0602. The van der Waals surface area contributed by atoms with Crippen molar-refractivity contribution < 1.29 is 13.9 Å². The predicted molar refractivity (Wildman–Crippen MR) is 59.7 cm³/mol. The van der Waals surface area contributed by atoms with Crippen LogP contribution in [0.3, 0.4) is 0 Å². The van der Waals surface area contributed by atoms with Crippen molar-refractivity contribution in [2.45, 2.75) is 0 Å². The van der Waals surface area contributed by atoms with E-state index in [2.05, 4.69) is 25.8 Å². The Morgan fingerprint density at radius 2 is 2.25 bits per heavy atom. The third-order valence-electron chi connectivity index (χ3n) is 2.27. The fourth-order valence-electron chi connectivity index (χ4n) is 1.50. The highest BCUT2D eigenvalue weighted by Gasteiger charge is 2.19. The summed E-state index contributed by atoms with van der Waals surface area (Å²) in [5.74, 6) is -1.02. The second-order valence-corrected chi connectivity index (χ2v) is 4.08. The Labute approximate surface area is 99.1 Å². The molecule has 6 heteroatoms. The van der Waals surface area contributed by atoms with Crippen LogP contribution in [0.1, 0.15) is 10.4 Å². The number of ether oxygens (including phenoxy) is 1. The van der Waals surface area contributed by atoms with E-state index in [0.717, 1.165) is 4.68 Å². The average molecular weight is 287 g/mol. The molecule has 4 nitrogen and oxygen atoms in total. The zero-order valence-electron chi connectivity index (χ0n) is 8.62. The topological polar surface area (TPSA) is 44.1 Å². The number of halogens is 2. The fraction of sp³-hybridized carbons (Fsp3) is 0.200. The monoisotopic (exact) mass is 286 g/mol. The van der Waals surface area contributed by atoms with Crippen LogP contribution in [0, 0.1) is 5.95 Å². The van der Waals surface area contributed by atoms with Crippen LogP contribution in [-0.2, 0) is 11.8 Å². The van der Waals surface area contributed by atoms with E-state index in [0.29, 0.717) is 9.99 Å². The first kappa shape index (κ1) is 11.1. The largest absolute Gasteiger partial charge is 0.465 e. The molecule has 0 saturated heterocycles. The van der Waals surface area contributed by atoms with Gasteiger partial charge in [0.1, 0.15) is 5.52 Å². The van der Waals surface area contributed by atoms with Crippen molar-refractivity contribution in [2.75, 3.05) is 7.11 Å². The highest BCUT2D eigenvalue weighted by molar-refractivity contribution is 9.10. The summed E-state index contributed by atoms with van der Waals surface area (Å²) in [4.78, 5) is 11.5. The summed E-state index contributed by atoms with van der Waals surface area (Å²) < 4.78 is 19.9. The molecule has 1 heterocycles. The van der Waals surface area contributed by atoms with Gasteiger partial charge in [0.05, 0.1) is 18.1 Å². The Kier molecular flexibility index (Phi) is 2.67. The number of fused-ring (bicyclic) bond motifs is 1. The highest BCUT2D eigenvalue weighted by Crippen LogP contribution is 2.28. The number of benzene rings is 1. The molecule has 0 atom stereocenters. The van der Waals surface area contributed by atoms with Gasteiger partial charge in [-0.15, -0.1) is 0 Å². The Bertz CT molecular complexity index is 580. The molecule has 0 aliphatic carbocycles. The summed E-state index contributed by atoms with van der Waals surface area (Å²) in [6.45, 7) is 0. The molecule has 84 valence electrons. The Morgan fingerprint density at radius 1 is 1.56 bits per heavy atom. The van der Waals surface area contributed by atoms with Gasteiger partial charge in [0.25, 0.3) is 0 Å². The lowest BCUT2D eigenvalue weighted by atomic mass is 10.1. The number of hydrogen-bond donors (Lipinski definition) is 0. The molecule has 0 N–H and O–H groups in total. The smallest absolute Gasteiger partial charge is 0.340 e. The van der Waals surface area contributed by atoms with Crippen LogP contribution >= 0.6 is 15.9 Å². The minimum Gasteiger partial charge on any atom is -0.465 e. The Hall–Kier alpha value is -1.43. The molecule has 0 spiro atoms. The maximum atomic E-state index is 13.7. The van der Waals surface area contributed by atoms with Crippen molar-refractivity contribution in [1.29, 1.82) is 0 Å². The third-order valence-corrected chi connectivity index (χ3v) is 2.93. The lowest BCUT2D eigenvalue weighted by Crippen LogP contribution is -2.02. The van der Waals surface area contributed by atoms with Crippen LogP contribution < -0.4 is 0 Å². The van der Waals surface area contributed by atoms with E-state index in [-0.39, 0.29) is 10.9 Å². The standard InChI is InChI=1S/C10H8BrFN2O2/c1-14-9(12)7-6(11)4-3-5(8(7)13-14)10(15)16-2/h3-4H,1-2H3. The van der Waals surface area contributed by atoms with E-state index in [1.807, 2.05) is 0 Å². The summed E-state index contributed by atoms with van der Waals surface area (Å²) in [6, 6.07) is 3.14. The summed E-state index contributed by atoms with van der Waals surface area (Å²) in [6.07, 6.45) is 0. The van der Waals surface area contributed by atoms with Crippen LogP contribution in [0.5, 0.6) is 0 Å². The van der Waals surface area contributed by atoms with Crippen LogP contribution in [0.4, 0.5) is 4.39 Å². The zero-order chi connectivity index (χ0) is 11.9. The molecule has 0 bridgehead atoms. The molecule has 0 fully saturated rings. The van der Waals surface area contributed by atoms with Gasteiger partial charge in [-0.05, 0) is 28.1 Å². The molecular weight excluding hydrogens is 279 g/mol. The second-order valence-electron chi connectivity index (χ2n) is 3.22. The molecule has 0 amide bonds. The summed E-state index contributed by atoms with van der Waals surface area (Å²) in [5.41, 5.74) is 0.543. The SMILES string of the molecule is COC(=O)c1ccc(Br)c2c(F)n(C)nc12. The van der Waals surface area contributed by atoms with Gasteiger partial charge in [-0.3, -0.25) is 0 Å².